The number of nitrogens with two attached hydrogens (primary N) is 1. The van der Waals surface area contributed by atoms with E-state index < -0.39 is 0 Å². The predicted octanol–water partition coefficient (Wildman–Crippen LogP) is 3.36. The van der Waals surface area contributed by atoms with E-state index in [1.54, 1.807) is 6.07 Å². The van der Waals surface area contributed by atoms with Crippen molar-refractivity contribution in [2.75, 3.05) is 11.1 Å². The molecule has 0 aliphatic carbocycles. The van der Waals surface area contributed by atoms with E-state index in [-0.39, 0.29) is 16.7 Å². The molecule has 3 N–H and O–H groups in total. The Kier molecular flexibility index (Phi) is 3.44. The Bertz CT molecular complexity index is 564. The number of hydrogen-bond donors (Lipinski definition) is 2. The van der Waals surface area contributed by atoms with Gasteiger partial charge in [-0.15, -0.1) is 0 Å². The average molecular weight is 318 g/mol. The highest BCUT2D eigenvalue weighted by atomic mass is 79.9. The highest BCUT2D eigenvalue weighted by molar-refractivity contribution is 9.10. The summed E-state index contributed by atoms with van der Waals surface area (Å²) in [4.78, 5) is 7.69. The minimum absolute atomic E-state index is 0.167. The van der Waals surface area contributed by atoms with Gasteiger partial charge in [0.15, 0.2) is 11.0 Å². The molecule has 0 unspecified atom stereocenters. The number of aromatic nitrogens is 2. The fourth-order valence-corrected chi connectivity index (χ4v) is 1.78. The number of halogens is 3. The second kappa shape index (κ2) is 4.85. The van der Waals surface area contributed by atoms with Crippen LogP contribution in [0.4, 0.5) is 21.6 Å². The molecule has 0 saturated carbocycles. The number of anilines is 3. The molecule has 0 radical (unpaired) electrons. The van der Waals surface area contributed by atoms with Crippen LogP contribution in [-0.4, -0.2) is 9.97 Å². The second-order valence-corrected chi connectivity index (χ2v) is 4.39. The summed E-state index contributed by atoms with van der Waals surface area (Å²) in [5.74, 6) is 0.0356. The highest BCUT2D eigenvalue weighted by Crippen LogP contribution is 2.29. The standard InChI is InChI=1S/C10H7BrClFN4/c11-6-3-5(13)1-2-7(6)17-10-8(14)9(12)15-4-16-10/h1-4H,14H2,(H,15,16,17). The van der Waals surface area contributed by atoms with Crippen LogP contribution in [0.2, 0.25) is 5.15 Å². The van der Waals surface area contributed by atoms with Gasteiger partial charge in [0.2, 0.25) is 0 Å². The van der Waals surface area contributed by atoms with Crippen LogP contribution in [0.1, 0.15) is 0 Å². The van der Waals surface area contributed by atoms with E-state index >= 15 is 0 Å². The smallest absolute Gasteiger partial charge is 0.158 e. The summed E-state index contributed by atoms with van der Waals surface area (Å²) in [6.07, 6.45) is 1.29. The molecule has 1 heterocycles. The highest BCUT2D eigenvalue weighted by Gasteiger charge is 2.08. The lowest BCUT2D eigenvalue weighted by Gasteiger charge is -2.10. The number of hydrogen-bond acceptors (Lipinski definition) is 4. The summed E-state index contributed by atoms with van der Waals surface area (Å²) in [5.41, 5.74) is 6.57. The zero-order valence-electron chi connectivity index (χ0n) is 8.42. The van der Waals surface area contributed by atoms with Crippen molar-refractivity contribution in [2.45, 2.75) is 0 Å². The number of nitrogens with one attached hydrogen (secondary N) is 1. The van der Waals surface area contributed by atoms with Gasteiger partial charge >= 0.3 is 0 Å². The van der Waals surface area contributed by atoms with Gasteiger partial charge in [0.1, 0.15) is 17.8 Å². The topological polar surface area (TPSA) is 63.8 Å². The fraction of sp³-hybridized carbons (Fsp3) is 0. The summed E-state index contributed by atoms with van der Waals surface area (Å²) < 4.78 is 13.5. The quantitative estimate of drug-likeness (QED) is 0.834. The van der Waals surface area contributed by atoms with Crippen LogP contribution >= 0.6 is 27.5 Å². The molecule has 88 valence electrons. The Balaban J connectivity index is 2.35. The summed E-state index contributed by atoms with van der Waals surface area (Å²) >= 11 is 8.99. The zero-order valence-corrected chi connectivity index (χ0v) is 10.8. The molecular weight excluding hydrogens is 310 g/mol. The molecule has 17 heavy (non-hydrogen) atoms. The van der Waals surface area contributed by atoms with Crippen LogP contribution in [0.5, 0.6) is 0 Å². The molecule has 0 aliphatic rings. The maximum Gasteiger partial charge on any atom is 0.158 e. The van der Waals surface area contributed by atoms with Gasteiger partial charge in [-0.1, -0.05) is 11.6 Å². The van der Waals surface area contributed by atoms with Gasteiger partial charge in [-0.05, 0) is 34.1 Å². The van der Waals surface area contributed by atoms with Crippen molar-refractivity contribution in [2.24, 2.45) is 0 Å². The third-order valence-corrected chi connectivity index (χ3v) is 2.98. The summed E-state index contributed by atoms with van der Waals surface area (Å²) in [6.45, 7) is 0. The summed E-state index contributed by atoms with van der Waals surface area (Å²) in [7, 11) is 0. The monoisotopic (exact) mass is 316 g/mol. The minimum atomic E-state index is -0.337. The molecule has 7 heteroatoms. The molecule has 0 fully saturated rings. The van der Waals surface area contributed by atoms with Crippen molar-refractivity contribution in [1.82, 2.24) is 9.97 Å². The lowest BCUT2D eigenvalue weighted by atomic mass is 10.3. The lowest BCUT2D eigenvalue weighted by Crippen LogP contribution is -2.01. The van der Waals surface area contributed by atoms with E-state index in [4.69, 9.17) is 17.3 Å². The maximum atomic E-state index is 12.9. The normalized spacial score (nSPS) is 10.3. The van der Waals surface area contributed by atoms with Crippen molar-refractivity contribution in [1.29, 1.82) is 0 Å². The fourth-order valence-electron chi connectivity index (χ4n) is 1.19. The minimum Gasteiger partial charge on any atom is -0.393 e. The number of nitrogens with zero attached hydrogens (tertiary/aromatic N) is 2. The van der Waals surface area contributed by atoms with E-state index in [0.29, 0.717) is 16.0 Å². The maximum absolute atomic E-state index is 12.9. The molecule has 0 bridgehead atoms. The Labute approximate surface area is 110 Å². The van der Waals surface area contributed by atoms with Crippen molar-refractivity contribution < 1.29 is 4.39 Å². The Morgan fingerprint density at radius 1 is 1.35 bits per heavy atom. The number of rotatable bonds is 2. The van der Waals surface area contributed by atoms with E-state index in [0.717, 1.165) is 0 Å². The molecule has 0 aliphatic heterocycles. The van der Waals surface area contributed by atoms with Crippen molar-refractivity contribution in [3.05, 3.63) is 40.0 Å². The van der Waals surface area contributed by atoms with Gasteiger partial charge in [-0.25, -0.2) is 14.4 Å². The molecule has 0 atom stereocenters. The van der Waals surface area contributed by atoms with Gasteiger partial charge in [0.25, 0.3) is 0 Å². The molecule has 1 aromatic heterocycles. The van der Waals surface area contributed by atoms with Crippen LogP contribution in [0, 0.1) is 5.82 Å². The second-order valence-electron chi connectivity index (χ2n) is 3.18. The molecule has 0 amide bonds. The van der Waals surface area contributed by atoms with Gasteiger partial charge in [-0.2, -0.15) is 0 Å². The van der Waals surface area contributed by atoms with Crippen molar-refractivity contribution in [3.63, 3.8) is 0 Å². The first-order valence-electron chi connectivity index (χ1n) is 4.56. The first-order valence-corrected chi connectivity index (χ1v) is 5.73. The van der Waals surface area contributed by atoms with Gasteiger partial charge in [-0.3, -0.25) is 0 Å². The summed E-state index contributed by atoms with van der Waals surface area (Å²) in [6, 6.07) is 4.22. The van der Waals surface area contributed by atoms with Crippen LogP contribution in [0.15, 0.2) is 29.0 Å². The Morgan fingerprint density at radius 2 is 2.12 bits per heavy atom. The van der Waals surface area contributed by atoms with Crippen LogP contribution in [0.25, 0.3) is 0 Å². The molecule has 2 rings (SSSR count). The molecule has 4 nitrogen and oxygen atoms in total. The molecular formula is C10H7BrClFN4. The third kappa shape index (κ3) is 2.65. The Hall–Kier alpha value is -1.40. The predicted molar refractivity (Wildman–Crippen MR) is 68.8 cm³/mol. The number of nitrogen functional groups attached to an aromatic ring is 1. The first-order chi connectivity index (χ1) is 8.08. The van der Waals surface area contributed by atoms with Gasteiger partial charge in [0.05, 0.1) is 5.69 Å². The average Bonchev–Trinajstić information content (AvgIpc) is 2.28. The van der Waals surface area contributed by atoms with Crippen molar-refractivity contribution >= 4 is 44.7 Å². The van der Waals surface area contributed by atoms with E-state index in [1.165, 1.54) is 18.5 Å². The SMILES string of the molecule is Nc1c(Cl)ncnc1Nc1ccc(F)cc1Br. The molecule has 1 aromatic carbocycles. The largest absolute Gasteiger partial charge is 0.393 e. The summed E-state index contributed by atoms with van der Waals surface area (Å²) in [5, 5.41) is 3.10. The molecule has 0 spiro atoms. The molecule has 0 saturated heterocycles. The first kappa shape index (κ1) is 12.1. The van der Waals surface area contributed by atoms with Gasteiger partial charge in [0, 0.05) is 4.47 Å². The zero-order chi connectivity index (χ0) is 12.4. The number of benzene rings is 1. The Morgan fingerprint density at radius 3 is 2.82 bits per heavy atom. The van der Waals surface area contributed by atoms with Gasteiger partial charge < -0.3 is 11.1 Å². The molecule has 2 aromatic rings. The van der Waals surface area contributed by atoms with Crippen LogP contribution in [0.3, 0.4) is 0 Å². The van der Waals surface area contributed by atoms with Crippen LogP contribution < -0.4 is 11.1 Å². The van der Waals surface area contributed by atoms with E-state index in [9.17, 15) is 4.39 Å². The van der Waals surface area contributed by atoms with Crippen LogP contribution in [-0.2, 0) is 0 Å². The third-order valence-electron chi connectivity index (χ3n) is 2.02. The van der Waals surface area contributed by atoms with E-state index in [1.807, 2.05) is 0 Å². The van der Waals surface area contributed by atoms with Crippen molar-refractivity contribution in [3.8, 4) is 0 Å². The van der Waals surface area contributed by atoms with E-state index in [2.05, 4.69) is 31.2 Å². The lowest BCUT2D eigenvalue weighted by molar-refractivity contribution is 0.627.